The smallest absolute Gasteiger partial charge is 0.303 e. The van der Waals surface area contributed by atoms with Crippen LogP contribution < -0.4 is 0 Å². The van der Waals surface area contributed by atoms with Crippen molar-refractivity contribution in [2.45, 2.75) is 57.8 Å². The maximum absolute atomic E-state index is 10.4. The highest BCUT2D eigenvalue weighted by molar-refractivity contribution is 5.66. The van der Waals surface area contributed by atoms with Crippen molar-refractivity contribution in [3.63, 3.8) is 0 Å². The summed E-state index contributed by atoms with van der Waals surface area (Å²) < 4.78 is 0. The van der Waals surface area contributed by atoms with Crippen LogP contribution in [0, 0.1) is 0 Å². The summed E-state index contributed by atoms with van der Waals surface area (Å²) in [6, 6.07) is 19.4. The highest BCUT2D eigenvalue weighted by atomic mass is 16.4. The van der Waals surface area contributed by atoms with E-state index in [1.165, 1.54) is 42.4 Å². The highest BCUT2D eigenvalue weighted by Crippen LogP contribution is 2.21. The van der Waals surface area contributed by atoms with Gasteiger partial charge in [0.15, 0.2) is 0 Å². The predicted molar refractivity (Wildman–Crippen MR) is 100 cm³/mol. The number of carbonyl (C=O) groups is 1. The van der Waals surface area contributed by atoms with Gasteiger partial charge in [0.25, 0.3) is 0 Å². The predicted octanol–water partition coefficient (Wildman–Crippen LogP) is 6.10. The van der Waals surface area contributed by atoms with Crippen molar-refractivity contribution in [2.24, 2.45) is 0 Å². The Balaban J connectivity index is 1.62. The van der Waals surface area contributed by atoms with Crippen molar-refractivity contribution in [1.82, 2.24) is 0 Å². The fraction of sp³-hybridized carbons (Fsp3) is 0.409. The fourth-order valence-corrected chi connectivity index (χ4v) is 3.03. The lowest BCUT2D eigenvalue weighted by molar-refractivity contribution is -0.137. The number of hydrogen-bond donors (Lipinski definition) is 1. The Bertz CT molecular complexity index is 604. The van der Waals surface area contributed by atoms with Crippen LogP contribution in [0.2, 0.25) is 0 Å². The average molecular weight is 324 g/mol. The van der Waals surface area contributed by atoms with Gasteiger partial charge in [-0.15, -0.1) is 0 Å². The molecule has 128 valence electrons. The number of rotatable bonds is 11. The molecule has 0 amide bonds. The van der Waals surface area contributed by atoms with E-state index in [1.54, 1.807) is 0 Å². The Hall–Kier alpha value is -2.09. The molecule has 0 radical (unpaired) electrons. The van der Waals surface area contributed by atoms with Crippen LogP contribution in [0.3, 0.4) is 0 Å². The van der Waals surface area contributed by atoms with Gasteiger partial charge in [0.2, 0.25) is 0 Å². The second-order valence-electron chi connectivity index (χ2n) is 6.44. The first-order chi connectivity index (χ1) is 11.8. The number of unbranched alkanes of at least 4 members (excludes halogenated alkanes) is 6. The largest absolute Gasteiger partial charge is 0.481 e. The molecule has 0 aliphatic carbocycles. The maximum atomic E-state index is 10.4. The quantitative estimate of drug-likeness (QED) is 0.507. The van der Waals surface area contributed by atoms with E-state index < -0.39 is 5.97 Å². The van der Waals surface area contributed by atoms with Gasteiger partial charge in [0.05, 0.1) is 0 Å². The summed E-state index contributed by atoms with van der Waals surface area (Å²) in [7, 11) is 0. The number of carboxylic acid groups (broad SMARTS) is 1. The molecule has 2 rings (SSSR count). The third kappa shape index (κ3) is 6.99. The Morgan fingerprint density at radius 2 is 1.33 bits per heavy atom. The van der Waals surface area contributed by atoms with Crippen molar-refractivity contribution in [3.05, 3.63) is 60.2 Å². The molecule has 0 saturated heterocycles. The van der Waals surface area contributed by atoms with Crippen LogP contribution in [-0.2, 0) is 11.2 Å². The van der Waals surface area contributed by atoms with E-state index in [1.807, 2.05) is 0 Å². The van der Waals surface area contributed by atoms with Crippen molar-refractivity contribution in [2.75, 3.05) is 0 Å². The van der Waals surface area contributed by atoms with Gasteiger partial charge >= 0.3 is 5.97 Å². The summed E-state index contributed by atoms with van der Waals surface area (Å²) >= 11 is 0. The molecule has 2 heteroatoms. The molecule has 0 aliphatic rings. The minimum absolute atomic E-state index is 0.317. The highest BCUT2D eigenvalue weighted by Gasteiger charge is 2.00. The summed E-state index contributed by atoms with van der Waals surface area (Å²) in [5, 5.41) is 8.59. The normalized spacial score (nSPS) is 10.7. The van der Waals surface area contributed by atoms with Gasteiger partial charge in [-0.2, -0.15) is 0 Å². The summed E-state index contributed by atoms with van der Waals surface area (Å²) in [5.41, 5.74) is 3.99. The van der Waals surface area contributed by atoms with E-state index in [0.29, 0.717) is 6.42 Å². The van der Waals surface area contributed by atoms with Crippen molar-refractivity contribution >= 4 is 5.97 Å². The first-order valence-corrected chi connectivity index (χ1v) is 9.12. The zero-order chi connectivity index (χ0) is 17.0. The van der Waals surface area contributed by atoms with Crippen molar-refractivity contribution in [1.29, 1.82) is 0 Å². The second kappa shape index (κ2) is 10.6. The van der Waals surface area contributed by atoms with Gasteiger partial charge in [-0.05, 0) is 36.0 Å². The molecule has 0 atom stereocenters. The molecular weight excluding hydrogens is 296 g/mol. The van der Waals surface area contributed by atoms with Gasteiger partial charge in [-0.25, -0.2) is 0 Å². The van der Waals surface area contributed by atoms with E-state index in [2.05, 4.69) is 54.6 Å². The zero-order valence-corrected chi connectivity index (χ0v) is 14.4. The number of benzene rings is 2. The maximum Gasteiger partial charge on any atom is 0.303 e. The summed E-state index contributed by atoms with van der Waals surface area (Å²) in [6.07, 6.45) is 9.46. The third-order valence-electron chi connectivity index (χ3n) is 4.39. The van der Waals surface area contributed by atoms with E-state index in [4.69, 9.17) is 5.11 Å². The number of carboxylic acids is 1. The molecule has 1 N–H and O–H groups in total. The molecule has 0 aliphatic heterocycles. The van der Waals surface area contributed by atoms with Crippen LogP contribution in [-0.4, -0.2) is 11.1 Å². The monoisotopic (exact) mass is 324 g/mol. The molecule has 2 nitrogen and oxygen atoms in total. The molecule has 0 heterocycles. The van der Waals surface area contributed by atoms with E-state index >= 15 is 0 Å². The lowest BCUT2D eigenvalue weighted by Gasteiger charge is -2.06. The third-order valence-corrected chi connectivity index (χ3v) is 4.39. The lowest BCUT2D eigenvalue weighted by Crippen LogP contribution is -1.93. The van der Waals surface area contributed by atoms with Crippen LogP contribution in [0.1, 0.15) is 56.9 Å². The summed E-state index contributed by atoms with van der Waals surface area (Å²) in [5.74, 6) is -0.673. The molecule has 0 bridgehead atoms. The molecule has 24 heavy (non-hydrogen) atoms. The zero-order valence-electron chi connectivity index (χ0n) is 14.4. The van der Waals surface area contributed by atoms with E-state index in [-0.39, 0.29) is 0 Å². The number of aliphatic carboxylic acids is 1. The van der Waals surface area contributed by atoms with E-state index in [0.717, 1.165) is 25.7 Å². The molecule has 0 aromatic heterocycles. The number of hydrogen-bond acceptors (Lipinski definition) is 1. The minimum Gasteiger partial charge on any atom is -0.481 e. The Kier molecular flexibility index (Phi) is 8.09. The molecule has 0 spiro atoms. The van der Waals surface area contributed by atoms with Crippen molar-refractivity contribution in [3.8, 4) is 11.1 Å². The van der Waals surface area contributed by atoms with Gasteiger partial charge in [0.1, 0.15) is 0 Å². The minimum atomic E-state index is -0.673. The first kappa shape index (κ1) is 18.3. The Morgan fingerprint density at radius 3 is 2.04 bits per heavy atom. The van der Waals surface area contributed by atoms with Crippen LogP contribution >= 0.6 is 0 Å². The van der Waals surface area contributed by atoms with Crippen LogP contribution in [0.15, 0.2) is 54.6 Å². The Labute approximate surface area is 145 Å². The molecule has 0 saturated carbocycles. The standard InChI is InChI=1S/C22H28O2/c23-22(24)17-10-5-3-1-2-4-7-12-19-13-11-16-21(18-19)20-14-8-6-9-15-20/h6,8-9,11,13-16,18H,1-5,7,10,12,17H2,(H,23,24). The van der Waals surface area contributed by atoms with Gasteiger partial charge < -0.3 is 5.11 Å². The fourth-order valence-electron chi connectivity index (χ4n) is 3.03. The van der Waals surface area contributed by atoms with Gasteiger partial charge in [-0.3, -0.25) is 4.79 Å². The Morgan fingerprint density at radius 1 is 0.708 bits per heavy atom. The molecule has 2 aromatic rings. The van der Waals surface area contributed by atoms with Crippen LogP contribution in [0.5, 0.6) is 0 Å². The van der Waals surface area contributed by atoms with Gasteiger partial charge in [-0.1, -0.05) is 86.7 Å². The van der Waals surface area contributed by atoms with Crippen LogP contribution in [0.25, 0.3) is 11.1 Å². The SMILES string of the molecule is O=C(O)CCCCCCCCCc1cccc(-c2ccccc2)c1. The summed E-state index contributed by atoms with van der Waals surface area (Å²) in [4.78, 5) is 10.4. The van der Waals surface area contributed by atoms with Crippen molar-refractivity contribution < 1.29 is 9.90 Å². The molecule has 0 unspecified atom stereocenters. The summed E-state index contributed by atoms with van der Waals surface area (Å²) in [6.45, 7) is 0. The first-order valence-electron chi connectivity index (χ1n) is 9.12. The second-order valence-corrected chi connectivity index (χ2v) is 6.44. The van der Waals surface area contributed by atoms with Crippen LogP contribution in [0.4, 0.5) is 0 Å². The van der Waals surface area contributed by atoms with E-state index in [9.17, 15) is 4.79 Å². The topological polar surface area (TPSA) is 37.3 Å². The molecular formula is C22H28O2. The molecule has 2 aromatic carbocycles. The molecule has 0 fully saturated rings. The number of aryl methyl sites for hydroxylation is 1. The average Bonchev–Trinajstić information content (AvgIpc) is 2.61. The lowest BCUT2D eigenvalue weighted by atomic mass is 9.99. The van der Waals surface area contributed by atoms with Gasteiger partial charge in [0, 0.05) is 6.42 Å².